The van der Waals surface area contributed by atoms with E-state index in [9.17, 15) is 9.18 Å². The Morgan fingerprint density at radius 3 is 2.27 bits per heavy atom. The lowest BCUT2D eigenvalue weighted by Gasteiger charge is -2.19. The summed E-state index contributed by atoms with van der Waals surface area (Å²) < 4.78 is 14.5. The van der Waals surface area contributed by atoms with Crippen LogP contribution in [0.2, 0.25) is 0 Å². The Balaban J connectivity index is 2.03. The van der Waals surface area contributed by atoms with Crippen molar-refractivity contribution in [2.45, 2.75) is 39.0 Å². The van der Waals surface area contributed by atoms with E-state index in [4.69, 9.17) is 0 Å². The molecule has 0 radical (unpaired) electrons. The van der Waals surface area contributed by atoms with Crippen molar-refractivity contribution in [3.8, 4) is 0 Å². The number of benzene rings is 2. The predicted octanol–water partition coefficient (Wildman–Crippen LogP) is 5.70. The van der Waals surface area contributed by atoms with Gasteiger partial charge in [0.15, 0.2) is 5.78 Å². The first-order valence-corrected chi connectivity index (χ1v) is 8.14. The summed E-state index contributed by atoms with van der Waals surface area (Å²) in [5.74, 6) is -0.229. The van der Waals surface area contributed by atoms with Crippen LogP contribution in [0, 0.1) is 5.82 Å². The van der Waals surface area contributed by atoms with Gasteiger partial charge >= 0.3 is 0 Å². The molecule has 0 aliphatic rings. The van der Waals surface area contributed by atoms with E-state index in [1.54, 1.807) is 12.1 Å². The average Bonchev–Trinajstić information content (AvgIpc) is 2.45. The largest absolute Gasteiger partial charge is 0.294 e. The van der Waals surface area contributed by atoms with E-state index in [2.05, 4.69) is 36.7 Å². The zero-order valence-corrected chi connectivity index (χ0v) is 14.7. The lowest BCUT2D eigenvalue weighted by Crippen LogP contribution is -2.11. The van der Waals surface area contributed by atoms with Crippen LogP contribution in [0.15, 0.2) is 46.9 Å². The molecule has 3 heteroatoms. The molecule has 0 amide bonds. The van der Waals surface area contributed by atoms with Gasteiger partial charge in [-0.3, -0.25) is 4.79 Å². The topological polar surface area (TPSA) is 17.1 Å². The number of aryl methyl sites for hydroxylation is 1. The van der Waals surface area contributed by atoms with Crippen molar-refractivity contribution in [2.24, 2.45) is 0 Å². The number of carbonyl (C=O) groups is 1. The highest BCUT2D eigenvalue weighted by Crippen LogP contribution is 2.23. The van der Waals surface area contributed by atoms with E-state index in [1.165, 1.54) is 11.6 Å². The second kappa shape index (κ2) is 6.74. The van der Waals surface area contributed by atoms with Gasteiger partial charge < -0.3 is 0 Å². The van der Waals surface area contributed by atoms with Crippen LogP contribution in [0.4, 0.5) is 4.39 Å². The molecular weight excluding hydrogens is 343 g/mol. The minimum absolute atomic E-state index is 0.0442. The van der Waals surface area contributed by atoms with Crippen LogP contribution < -0.4 is 0 Å². The molecule has 0 spiro atoms. The molecule has 0 saturated carbocycles. The summed E-state index contributed by atoms with van der Waals surface area (Å²) in [6.07, 6.45) is 0.729. The Hall–Kier alpha value is -1.48. The molecule has 0 saturated heterocycles. The smallest absolute Gasteiger partial charge is 0.163 e. The third kappa shape index (κ3) is 4.26. The monoisotopic (exact) mass is 362 g/mol. The van der Waals surface area contributed by atoms with Crippen LogP contribution in [0.1, 0.15) is 48.7 Å². The van der Waals surface area contributed by atoms with Gasteiger partial charge in [-0.15, -0.1) is 0 Å². The van der Waals surface area contributed by atoms with E-state index in [-0.39, 0.29) is 17.0 Å². The molecule has 2 rings (SSSR count). The molecule has 2 aromatic rings. The molecule has 2 aromatic carbocycles. The van der Waals surface area contributed by atoms with Crippen LogP contribution in [0.25, 0.3) is 0 Å². The van der Waals surface area contributed by atoms with Gasteiger partial charge in [-0.1, -0.05) is 67.0 Å². The normalized spacial score (nSPS) is 11.5. The molecule has 22 heavy (non-hydrogen) atoms. The molecule has 0 aromatic heterocycles. The predicted molar refractivity (Wildman–Crippen MR) is 91.9 cm³/mol. The molecule has 0 bridgehead atoms. The highest BCUT2D eigenvalue weighted by molar-refractivity contribution is 9.10. The quantitative estimate of drug-likeness (QED) is 0.637. The zero-order chi connectivity index (χ0) is 16.3. The summed E-state index contributed by atoms with van der Waals surface area (Å²) in [7, 11) is 0. The first-order chi connectivity index (χ1) is 10.3. The van der Waals surface area contributed by atoms with Crippen molar-refractivity contribution in [2.75, 3.05) is 0 Å². The van der Waals surface area contributed by atoms with Crippen molar-refractivity contribution in [1.29, 1.82) is 0 Å². The van der Waals surface area contributed by atoms with Gasteiger partial charge in [-0.25, -0.2) is 4.39 Å². The van der Waals surface area contributed by atoms with Crippen molar-refractivity contribution in [3.05, 3.63) is 69.4 Å². The highest BCUT2D eigenvalue weighted by Gasteiger charge is 2.14. The Bertz CT molecular complexity index is 669. The molecule has 0 N–H and O–H groups in total. The maximum atomic E-state index is 13.7. The van der Waals surface area contributed by atoms with Crippen molar-refractivity contribution in [3.63, 3.8) is 0 Å². The van der Waals surface area contributed by atoms with Gasteiger partial charge in [0.2, 0.25) is 0 Å². The van der Waals surface area contributed by atoms with Gasteiger partial charge in [0.25, 0.3) is 0 Å². The Kier molecular flexibility index (Phi) is 5.17. The van der Waals surface area contributed by atoms with Crippen LogP contribution in [-0.4, -0.2) is 5.78 Å². The maximum absolute atomic E-state index is 13.7. The van der Waals surface area contributed by atoms with E-state index in [0.717, 1.165) is 0 Å². The summed E-state index contributed by atoms with van der Waals surface area (Å²) in [6.45, 7) is 6.42. The number of hydrogen-bond acceptors (Lipinski definition) is 1. The first-order valence-electron chi connectivity index (χ1n) is 7.35. The summed E-state index contributed by atoms with van der Waals surface area (Å²) in [6, 6.07) is 12.6. The van der Waals surface area contributed by atoms with E-state index < -0.39 is 0 Å². The van der Waals surface area contributed by atoms with Crippen LogP contribution >= 0.6 is 15.9 Å². The molecule has 0 fully saturated rings. The average molecular weight is 363 g/mol. The summed E-state index contributed by atoms with van der Waals surface area (Å²) in [5.41, 5.74) is 2.53. The zero-order valence-electron chi connectivity index (χ0n) is 13.1. The van der Waals surface area contributed by atoms with Crippen molar-refractivity contribution in [1.82, 2.24) is 0 Å². The molecule has 0 aliphatic carbocycles. The molecule has 116 valence electrons. The first kappa shape index (κ1) is 16.9. The molecule has 0 unspecified atom stereocenters. The third-order valence-electron chi connectivity index (χ3n) is 3.71. The van der Waals surface area contributed by atoms with Gasteiger partial charge in [0, 0.05) is 16.5 Å². The Labute approximate surface area is 139 Å². The standard InChI is InChI=1S/C19H20BrFO/c1-19(2,3)15-8-4-14(5-9-15)18(22)11-7-13-6-10-16(20)12-17(13)21/h4-6,8-10,12H,7,11H2,1-3H3. The number of Topliss-reactive ketones (excluding diaryl/α,β-unsaturated/α-hetero) is 1. The van der Waals surface area contributed by atoms with Crippen molar-refractivity contribution < 1.29 is 9.18 Å². The highest BCUT2D eigenvalue weighted by atomic mass is 79.9. The van der Waals surface area contributed by atoms with Crippen LogP contribution in [0.3, 0.4) is 0 Å². The number of halogens is 2. The van der Waals surface area contributed by atoms with E-state index >= 15 is 0 Å². The summed E-state index contributed by atoms with van der Waals surface area (Å²) in [5, 5.41) is 0. The second-order valence-electron chi connectivity index (χ2n) is 6.49. The summed E-state index contributed by atoms with van der Waals surface area (Å²) in [4.78, 5) is 12.2. The van der Waals surface area contributed by atoms with Crippen LogP contribution in [-0.2, 0) is 11.8 Å². The lowest BCUT2D eigenvalue weighted by atomic mass is 9.86. The fourth-order valence-electron chi connectivity index (χ4n) is 2.27. The third-order valence-corrected chi connectivity index (χ3v) is 4.20. The minimum Gasteiger partial charge on any atom is -0.294 e. The molecule has 1 nitrogen and oxygen atoms in total. The lowest BCUT2D eigenvalue weighted by molar-refractivity contribution is 0.0982. The molecule has 0 heterocycles. The SMILES string of the molecule is CC(C)(C)c1ccc(C(=O)CCc2ccc(Br)cc2F)cc1. The minimum atomic E-state index is -0.273. The summed E-state index contributed by atoms with van der Waals surface area (Å²) >= 11 is 3.23. The number of carbonyl (C=O) groups excluding carboxylic acids is 1. The fraction of sp³-hybridized carbons (Fsp3) is 0.316. The van der Waals surface area contributed by atoms with E-state index in [0.29, 0.717) is 28.4 Å². The van der Waals surface area contributed by atoms with Gasteiger partial charge in [0.1, 0.15) is 5.82 Å². The molecule has 0 aliphatic heterocycles. The molecule has 0 atom stereocenters. The maximum Gasteiger partial charge on any atom is 0.163 e. The number of rotatable bonds is 4. The van der Waals surface area contributed by atoms with E-state index in [1.807, 2.05) is 24.3 Å². The van der Waals surface area contributed by atoms with Crippen LogP contribution in [0.5, 0.6) is 0 Å². The number of hydrogen-bond donors (Lipinski definition) is 0. The van der Waals surface area contributed by atoms with Gasteiger partial charge in [-0.05, 0) is 35.1 Å². The number of ketones is 1. The van der Waals surface area contributed by atoms with Gasteiger partial charge in [-0.2, -0.15) is 0 Å². The Morgan fingerprint density at radius 2 is 1.73 bits per heavy atom. The van der Waals surface area contributed by atoms with Crippen molar-refractivity contribution >= 4 is 21.7 Å². The molecular formula is C19H20BrFO. The fourth-order valence-corrected chi connectivity index (χ4v) is 2.61. The van der Waals surface area contributed by atoms with Gasteiger partial charge in [0.05, 0.1) is 0 Å². The Morgan fingerprint density at radius 1 is 1.09 bits per heavy atom. The second-order valence-corrected chi connectivity index (χ2v) is 7.40.